The molecule has 4 N–H and O–H groups in total. The lowest BCUT2D eigenvalue weighted by Crippen LogP contribution is -2.44. The standard InChI is InChI=1S/C23H21F2N5O2S/c1-13-20(19-12-33-22(27)28-19)21(31)30(11-18(26)14-6-3-2-4-7-14)23(32)29(13)10-15-16(24)8-5-9-17(15)25/h2-9,12,18H,10-11,26H2,1H3,(H2,27,28)/t18-/m0/s1. The van der Waals surface area contributed by atoms with Crippen LogP contribution >= 0.6 is 11.3 Å². The van der Waals surface area contributed by atoms with E-state index in [2.05, 4.69) is 4.98 Å². The number of anilines is 1. The number of thiazole rings is 1. The number of nitrogen functional groups attached to an aromatic ring is 1. The minimum Gasteiger partial charge on any atom is -0.375 e. The Morgan fingerprint density at radius 2 is 1.70 bits per heavy atom. The van der Waals surface area contributed by atoms with E-state index in [1.165, 1.54) is 13.0 Å². The van der Waals surface area contributed by atoms with E-state index in [1.54, 1.807) is 29.6 Å². The fraction of sp³-hybridized carbons (Fsp3) is 0.174. The molecule has 0 saturated carbocycles. The van der Waals surface area contributed by atoms with E-state index in [1.807, 2.05) is 6.07 Å². The molecule has 1 atom stereocenters. The van der Waals surface area contributed by atoms with Crippen molar-refractivity contribution in [2.24, 2.45) is 5.73 Å². The minimum absolute atomic E-state index is 0.125. The summed E-state index contributed by atoms with van der Waals surface area (Å²) in [4.78, 5) is 31.0. The molecule has 2 aromatic carbocycles. The highest BCUT2D eigenvalue weighted by atomic mass is 32.1. The van der Waals surface area contributed by atoms with Gasteiger partial charge in [0.2, 0.25) is 0 Å². The summed E-state index contributed by atoms with van der Waals surface area (Å²) in [5, 5.41) is 1.84. The zero-order chi connectivity index (χ0) is 23.7. The molecule has 7 nitrogen and oxygen atoms in total. The highest BCUT2D eigenvalue weighted by molar-refractivity contribution is 7.13. The number of nitrogens with two attached hydrogens (primary N) is 2. The summed E-state index contributed by atoms with van der Waals surface area (Å²) in [5.41, 5.74) is 11.8. The van der Waals surface area contributed by atoms with Crippen LogP contribution in [0.15, 0.2) is 63.5 Å². The van der Waals surface area contributed by atoms with Gasteiger partial charge in [0.05, 0.1) is 24.3 Å². The first kappa shape index (κ1) is 22.6. The molecule has 0 aliphatic carbocycles. The maximum Gasteiger partial charge on any atom is 0.331 e. The fourth-order valence-electron chi connectivity index (χ4n) is 3.69. The quantitative estimate of drug-likeness (QED) is 0.451. The highest BCUT2D eigenvalue weighted by Crippen LogP contribution is 2.24. The summed E-state index contributed by atoms with van der Waals surface area (Å²) in [6.45, 7) is 0.999. The fourth-order valence-corrected chi connectivity index (χ4v) is 4.24. The molecule has 0 amide bonds. The van der Waals surface area contributed by atoms with Gasteiger partial charge in [-0.25, -0.2) is 18.6 Å². The van der Waals surface area contributed by atoms with Crippen LogP contribution in [0.25, 0.3) is 11.3 Å². The molecule has 0 radical (unpaired) electrons. The van der Waals surface area contributed by atoms with E-state index in [4.69, 9.17) is 11.5 Å². The second kappa shape index (κ2) is 9.08. The summed E-state index contributed by atoms with van der Waals surface area (Å²) in [6.07, 6.45) is 0. The van der Waals surface area contributed by atoms with Crippen LogP contribution in [-0.4, -0.2) is 14.1 Å². The molecule has 170 valence electrons. The van der Waals surface area contributed by atoms with Gasteiger partial charge in [0.25, 0.3) is 5.56 Å². The third kappa shape index (κ3) is 4.35. The smallest absolute Gasteiger partial charge is 0.331 e. The number of aromatic nitrogens is 3. The van der Waals surface area contributed by atoms with Crippen LogP contribution < -0.4 is 22.7 Å². The Hall–Kier alpha value is -3.63. The first-order valence-corrected chi connectivity index (χ1v) is 10.9. The maximum atomic E-state index is 14.4. The molecule has 10 heteroatoms. The molecule has 0 aliphatic heterocycles. The van der Waals surface area contributed by atoms with Gasteiger partial charge < -0.3 is 11.5 Å². The van der Waals surface area contributed by atoms with Gasteiger partial charge in [-0.2, -0.15) is 0 Å². The predicted octanol–water partition coefficient (Wildman–Crippen LogP) is 3.05. The maximum absolute atomic E-state index is 14.4. The molecular weight excluding hydrogens is 448 g/mol. The second-order valence-corrected chi connectivity index (χ2v) is 8.42. The van der Waals surface area contributed by atoms with E-state index >= 15 is 0 Å². The van der Waals surface area contributed by atoms with Crippen LogP contribution in [0.3, 0.4) is 0 Å². The molecular formula is C23H21F2N5O2S. The van der Waals surface area contributed by atoms with Gasteiger partial charge >= 0.3 is 5.69 Å². The van der Waals surface area contributed by atoms with Crippen molar-refractivity contribution < 1.29 is 8.78 Å². The van der Waals surface area contributed by atoms with Crippen LogP contribution in [0.4, 0.5) is 13.9 Å². The zero-order valence-corrected chi connectivity index (χ0v) is 18.5. The van der Waals surface area contributed by atoms with Gasteiger partial charge in [0.15, 0.2) is 5.13 Å². The van der Waals surface area contributed by atoms with Crippen molar-refractivity contribution in [3.05, 3.63) is 103 Å². The van der Waals surface area contributed by atoms with Gasteiger partial charge in [-0.15, -0.1) is 11.3 Å². The van der Waals surface area contributed by atoms with Gasteiger partial charge in [-0.05, 0) is 24.6 Å². The number of rotatable bonds is 6. The zero-order valence-electron chi connectivity index (χ0n) is 17.7. The Kier molecular flexibility index (Phi) is 6.21. The SMILES string of the molecule is Cc1c(-c2csc(N)n2)c(=O)n(C[C@H](N)c2ccccc2)c(=O)n1Cc1c(F)cccc1F. The third-order valence-corrected chi connectivity index (χ3v) is 6.12. The molecule has 2 heterocycles. The van der Waals surface area contributed by atoms with E-state index in [0.29, 0.717) is 0 Å². The Morgan fingerprint density at radius 1 is 1.03 bits per heavy atom. The lowest BCUT2D eigenvalue weighted by atomic mass is 10.1. The summed E-state index contributed by atoms with van der Waals surface area (Å²) in [5.74, 6) is -1.58. The van der Waals surface area contributed by atoms with E-state index in [9.17, 15) is 18.4 Å². The van der Waals surface area contributed by atoms with Gasteiger partial charge in [0.1, 0.15) is 11.6 Å². The molecule has 0 spiro atoms. The summed E-state index contributed by atoms with van der Waals surface area (Å²) < 4.78 is 30.9. The molecule has 0 fully saturated rings. The van der Waals surface area contributed by atoms with Crippen LogP contribution in [0.5, 0.6) is 0 Å². The summed E-state index contributed by atoms with van der Waals surface area (Å²) >= 11 is 1.14. The average molecular weight is 470 g/mol. The first-order chi connectivity index (χ1) is 15.8. The molecule has 0 aliphatic rings. The highest BCUT2D eigenvalue weighted by Gasteiger charge is 2.23. The molecule has 4 rings (SSSR count). The number of hydrogen-bond donors (Lipinski definition) is 2. The second-order valence-electron chi connectivity index (χ2n) is 7.53. The minimum atomic E-state index is -0.792. The summed E-state index contributed by atoms with van der Waals surface area (Å²) in [7, 11) is 0. The van der Waals surface area contributed by atoms with Crippen molar-refractivity contribution in [1.82, 2.24) is 14.1 Å². The molecule has 0 saturated heterocycles. The van der Waals surface area contributed by atoms with Gasteiger partial charge in [-0.1, -0.05) is 36.4 Å². The molecule has 2 aromatic heterocycles. The summed E-state index contributed by atoms with van der Waals surface area (Å²) in [6, 6.07) is 11.8. The number of nitrogens with zero attached hydrogens (tertiary/aromatic N) is 3. The first-order valence-electron chi connectivity index (χ1n) is 10.1. The third-order valence-electron chi connectivity index (χ3n) is 5.45. The Labute approximate surface area is 191 Å². The number of hydrogen-bond acceptors (Lipinski definition) is 6. The topological polar surface area (TPSA) is 109 Å². The van der Waals surface area contributed by atoms with Gasteiger partial charge in [0, 0.05) is 22.7 Å². The van der Waals surface area contributed by atoms with Crippen molar-refractivity contribution in [3.63, 3.8) is 0 Å². The van der Waals surface area contributed by atoms with Crippen molar-refractivity contribution in [1.29, 1.82) is 0 Å². The average Bonchev–Trinajstić information content (AvgIpc) is 3.22. The van der Waals surface area contributed by atoms with Crippen LogP contribution in [0.2, 0.25) is 0 Å². The van der Waals surface area contributed by atoms with E-state index in [-0.39, 0.29) is 34.2 Å². The van der Waals surface area contributed by atoms with E-state index in [0.717, 1.165) is 38.2 Å². The Bertz CT molecular complexity index is 1410. The molecule has 0 bridgehead atoms. The van der Waals surface area contributed by atoms with Crippen LogP contribution in [-0.2, 0) is 13.1 Å². The number of halogens is 2. The largest absolute Gasteiger partial charge is 0.375 e. The molecule has 4 aromatic rings. The van der Waals surface area contributed by atoms with Crippen molar-refractivity contribution in [2.45, 2.75) is 26.1 Å². The van der Waals surface area contributed by atoms with Gasteiger partial charge in [-0.3, -0.25) is 13.9 Å². The molecule has 33 heavy (non-hydrogen) atoms. The van der Waals surface area contributed by atoms with Crippen LogP contribution in [0, 0.1) is 18.6 Å². The Balaban J connectivity index is 1.91. The predicted molar refractivity (Wildman–Crippen MR) is 124 cm³/mol. The van der Waals surface area contributed by atoms with Crippen molar-refractivity contribution >= 4 is 16.5 Å². The monoisotopic (exact) mass is 469 g/mol. The Morgan fingerprint density at radius 3 is 2.30 bits per heavy atom. The molecule has 0 unspecified atom stereocenters. The lowest BCUT2D eigenvalue weighted by molar-refractivity contribution is 0.493. The number of benzene rings is 2. The van der Waals surface area contributed by atoms with E-state index < -0.39 is 35.5 Å². The van der Waals surface area contributed by atoms with Crippen molar-refractivity contribution in [2.75, 3.05) is 5.73 Å². The normalized spacial score (nSPS) is 12.1. The van der Waals surface area contributed by atoms with Crippen molar-refractivity contribution in [3.8, 4) is 11.3 Å². The lowest BCUT2D eigenvalue weighted by Gasteiger charge is -2.19. The van der Waals surface area contributed by atoms with Crippen LogP contribution in [0.1, 0.15) is 22.9 Å².